The van der Waals surface area contributed by atoms with Gasteiger partial charge >= 0.3 is 0 Å². The van der Waals surface area contributed by atoms with Crippen LogP contribution in [-0.4, -0.2) is 23.5 Å². The van der Waals surface area contributed by atoms with Crippen molar-refractivity contribution in [2.75, 3.05) is 6.54 Å². The molecule has 3 nitrogen and oxygen atoms in total. The zero-order valence-corrected chi connectivity index (χ0v) is 21.8. The fourth-order valence-electron chi connectivity index (χ4n) is 4.47. The standard InChI is InChI=1S/C36H43NO2/c1-28(2)37(29(3)4)23-22-34(33-18-12-7-13-19-33)35-24-32(26-38-25-30-14-8-5-9-15-30)20-21-36(35)39-27-31-16-10-6-11-17-31/h5-21,24,28-29,34H,22-23,25-27H2,1-4H3/t34-/m1/s1/i1D3,2D3,3D3,4D3,28D,29D. The lowest BCUT2D eigenvalue weighted by Gasteiger charge is -2.32. The molecule has 0 unspecified atom stereocenters. The van der Waals surface area contributed by atoms with Gasteiger partial charge in [-0.3, -0.25) is 4.90 Å². The van der Waals surface area contributed by atoms with E-state index in [1.807, 2.05) is 72.8 Å². The third-order valence-corrected chi connectivity index (χ3v) is 6.45. The molecule has 4 rings (SSSR count). The minimum atomic E-state index is -3.81. The zero-order chi connectivity index (χ0) is 39.3. The van der Waals surface area contributed by atoms with E-state index in [9.17, 15) is 0 Å². The topological polar surface area (TPSA) is 21.7 Å². The summed E-state index contributed by atoms with van der Waals surface area (Å²) in [7, 11) is 0. The van der Waals surface area contributed by atoms with Crippen molar-refractivity contribution < 1.29 is 28.7 Å². The van der Waals surface area contributed by atoms with E-state index in [1.54, 1.807) is 36.4 Å². The summed E-state index contributed by atoms with van der Waals surface area (Å²) in [5.41, 5.74) is 3.70. The van der Waals surface area contributed by atoms with Gasteiger partial charge in [0.2, 0.25) is 0 Å². The quantitative estimate of drug-likeness (QED) is 0.161. The van der Waals surface area contributed by atoms with Crippen LogP contribution in [0.15, 0.2) is 109 Å². The van der Waals surface area contributed by atoms with E-state index < -0.39 is 51.9 Å². The van der Waals surface area contributed by atoms with E-state index in [-0.39, 0.29) is 24.5 Å². The van der Waals surface area contributed by atoms with E-state index in [2.05, 4.69) is 0 Å². The Labute approximate surface area is 255 Å². The van der Waals surface area contributed by atoms with Gasteiger partial charge in [-0.2, -0.15) is 0 Å². The lowest BCUT2D eigenvalue weighted by Crippen LogP contribution is -2.38. The summed E-state index contributed by atoms with van der Waals surface area (Å²) in [6.45, 7) is -15.3. The molecular weight excluding hydrogens is 478 g/mol. The van der Waals surface area contributed by atoms with Crippen LogP contribution in [0.5, 0.6) is 5.75 Å². The highest BCUT2D eigenvalue weighted by molar-refractivity contribution is 5.44. The van der Waals surface area contributed by atoms with Gasteiger partial charge in [-0.05, 0) is 74.8 Å². The Morgan fingerprint density at radius 1 is 0.667 bits per heavy atom. The summed E-state index contributed by atoms with van der Waals surface area (Å²) < 4.78 is 128. The lowest BCUT2D eigenvalue weighted by atomic mass is 9.86. The maximum absolute atomic E-state index is 8.97. The number of rotatable bonds is 14. The molecule has 0 aliphatic carbocycles. The fourth-order valence-corrected chi connectivity index (χ4v) is 4.47. The van der Waals surface area contributed by atoms with Gasteiger partial charge < -0.3 is 9.47 Å². The van der Waals surface area contributed by atoms with Crippen LogP contribution in [0.3, 0.4) is 0 Å². The van der Waals surface area contributed by atoms with Crippen LogP contribution in [0.2, 0.25) is 0 Å². The summed E-state index contributed by atoms with van der Waals surface area (Å²) >= 11 is 0. The molecule has 0 fully saturated rings. The second-order valence-electron chi connectivity index (χ2n) is 9.23. The predicted octanol–water partition coefficient (Wildman–Crippen LogP) is 8.62. The minimum absolute atomic E-state index is 0.0350. The van der Waals surface area contributed by atoms with Crippen LogP contribution in [-0.2, 0) is 24.6 Å². The van der Waals surface area contributed by atoms with Gasteiger partial charge in [0.25, 0.3) is 0 Å². The van der Waals surface area contributed by atoms with Gasteiger partial charge in [-0.25, -0.2) is 0 Å². The van der Waals surface area contributed by atoms with Gasteiger partial charge in [-0.15, -0.1) is 0 Å². The Balaban J connectivity index is 1.87. The van der Waals surface area contributed by atoms with Crippen LogP contribution in [0, 0.1) is 0 Å². The molecule has 0 radical (unpaired) electrons. The van der Waals surface area contributed by atoms with Crippen LogP contribution in [0.25, 0.3) is 0 Å². The third-order valence-electron chi connectivity index (χ3n) is 6.45. The highest BCUT2D eigenvalue weighted by Crippen LogP contribution is 2.36. The molecular formula is C36H43NO2. The van der Waals surface area contributed by atoms with Crippen molar-refractivity contribution in [1.82, 2.24) is 4.90 Å². The molecule has 204 valence electrons. The predicted molar refractivity (Wildman–Crippen MR) is 162 cm³/mol. The van der Waals surface area contributed by atoms with Crippen molar-refractivity contribution in [3.63, 3.8) is 0 Å². The molecule has 0 aliphatic heterocycles. The Hall–Kier alpha value is -3.40. The fraction of sp³-hybridized carbons (Fsp3) is 0.333. The molecule has 0 saturated heterocycles. The summed E-state index contributed by atoms with van der Waals surface area (Å²) in [6.07, 6.45) is -0.306. The first-order chi connectivity index (χ1) is 24.6. The summed E-state index contributed by atoms with van der Waals surface area (Å²) in [4.78, 5) is 0.0350. The molecule has 0 saturated carbocycles. The normalized spacial score (nSPS) is 19.4. The van der Waals surface area contributed by atoms with E-state index in [4.69, 9.17) is 28.7 Å². The first kappa shape index (κ1) is 15.4. The summed E-state index contributed by atoms with van der Waals surface area (Å²) in [5, 5.41) is 0. The molecule has 0 N–H and O–H groups in total. The number of ether oxygens (including phenoxy) is 2. The van der Waals surface area contributed by atoms with Crippen molar-refractivity contribution in [1.29, 1.82) is 0 Å². The first-order valence-electron chi connectivity index (χ1n) is 19.8. The average Bonchev–Trinajstić information content (AvgIpc) is 3.08. The van der Waals surface area contributed by atoms with E-state index in [1.165, 1.54) is 0 Å². The van der Waals surface area contributed by atoms with Gasteiger partial charge in [0.05, 0.1) is 13.2 Å². The van der Waals surface area contributed by atoms with Gasteiger partial charge in [-0.1, -0.05) is 97.1 Å². The van der Waals surface area contributed by atoms with Crippen LogP contribution in [0.1, 0.15) is 86.8 Å². The number of hydrogen-bond donors (Lipinski definition) is 0. The maximum Gasteiger partial charge on any atom is 0.123 e. The zero-order valence-electron chi connectivity index (χ0n) is 35.8. The van der Waals surface area contributed by atoms with Gasteiger partial charge in [0.1, 0.15) is 12.4 Å². The van der Waals surface area contributed by atoms with Crippen molar-refractivity contribution >= 4 is 0 Å². The van der Waals surface area contributed by atoms with E-state index >= 15 is 0 Å². The number of benzene rings is 4. The smallest absolute Gasteiger partial charge is 0.123 e. The number of nitrogens with zero attached hydrogens (tertiary/aromatic N) is 1. The van der Waals surface area contributed by atoms with Gasteiger partial charge in [0, 0.05) is 42.7 Å². The molecule has 0 amide bonds. The van der Waals surface area contributed by atoms with Crippen molar-refractivity contribution in [2.24, 2.45) is 0 Å². The maximum atomic E-state index is 8.97. The van der Waals surface area contributed by atoms with Crippen LogP contribution < -0.4 is 4.74 Å². The summed E-state index contributed by atoms with van der Waals surface area (Å²) in [6, 6.07) is 25.4. The van der Waals surface area contributed by atoms with Crippen molar-refractivity contribution in [2.45, 2.75) is 71.6 Å². The van der Waals surface area contributed by atoms with Crippen molar-refractivity contribution in [3.05, 3.63) is 137 Å². The first-order valence-corrected chi connectivity index (χ1v) is 12.8. The van der Waals surface area contributed by atoms with Crippen LogP contribution in [0.4, 0.5) is 0 Å². The lowest BCUT2D eigenvalue weighted by molar-refractivity contribution is 0.107. The largest absolute Gasteiger partial charge is 0.489 e. The molecule has 0 aromatic heterocycles. The molecule has 39 heavy (non-hydrogen) atoms. The Morgan fingerprint density at radius 2 is 1.23 bits per heavy atom. The number of hydrogen-bond acceptors (Lipinski definition) is 3. The Kier molecular flexibility index (Phi) is 5.79. The average molecular weight is 536 g/mol. The molecule has 0 aliphatic rings. The monoisotopic (exact) mass is 535 g/mol. The molecule has 4 aromatic rings. The SMILES string of the molecule is [2H]C([2H])([2H])C([2H])(N(CC[C@H](c1ccccc1)c1cc(COCc2ccccc2)ccc1OCc1ccccc1)C([2H])(C([2H])([2H])[2H])C([2H])([2H])[2H])C([2H])([2H])[2H]. The second-order valence-corrected chi connectivity index (χ2v) is 9.23. The van der Waals surface area contributed by atoms with Gasteiger partial charge in [0.15, 0.2) is 0 Å². The van der Waals surface area contributed by atoms with E-state index in [0.29, 0.717) is 23.5 Å². The Bertz CT molecular complexity index is 1680. The molecule has 4 aromatic carbocycles. The molecule has 3 heteroatoms. The minimum Gasteiger partial charge on any atom is -0.489 e. The molecule has 0 bridgehead atoms. The second kappa shape index (κ2) is 14.7. The molecule has 0 heterocycles. The molecule has 0 spiro atoms. The third kappa shape index (κ3) is 8.54. The van der Waals surface area contributed by atoms with Crippen LogP contribution >= 0.6 is 0 Å². The highest BCUT2D eigenvalue weighted by Gasteiger charge is 2.22. The van der Waals surface area contributed by atoms with E-state index in [0.717, 1.165) is 16.7 Å². The summed E-state index contributed by atoms with van der Waals surface area (Å²) in [5.74, 6) is -0.401. The van der Waals surface area contributed by atoms with Crippen molar-refractivity contribution in [3.8, 4) is 5.75 Å². The highest BCUT2D eigenvalue weighted by atomic mass is 16.5. The Morgan fingerprint density at radius 3 is 1.85 bits per heavy atom. The molecule has 1 atom stereocenters.